The summed E-state index contributed by atoms with van der Waals surface area (Å²) in [5.41, 5.74) is 5.81. The van der Waals surface area contributed by atoms with Gasteiger partial charge in [-0.3, -0.25) is 0 Å². The highest BCUT2D eigenvalue weighted by Gasteiger charge is 2.39. The van der Waals surface area contributed by atoms with Gasteiger partial charge in [0.2, 0.25) is 0 Å². The average Bonchev–Trinajstić information content (AvgIpc) is 2.88. The number of hydrogen-bond acceptors (Lipinski definition) is 2. The number of ether oxygens (including phenoxy) is 1. The molecule has 0 saturated heterocycles. The number of hydrogen-bond donors (Lipinski definition) is 1. The van der Waals surface area contributed by atoms with Crippen LogP contribution in [0.25, 0.3) is 0 Å². The van der Waals surface area contributed by atoms with Crippen molar-refractivity contribution >= 4 is 0 Å². The highest BCUT2D eigenvalue weighted by molar-refractivity contribution is 5.26. The highest BCUT2D eigenvalue weighted by atomic mass is 19.4. The van der Waals surface area contributed by atoms with Crippen molar-refractivity contribution in [2.75, 3.05) is 7.11 Å². The molecule has 0 radical (unpaired) electrons. The SMILES string of the molecule is COC1(C(N)Cc2cccc(C(F)(F)F)c2)CCCC1. The van der Waals surface area contributed by atoms with Crippen molar-refractivity contribution < 1.29 is 17.9 Å². The van der Waals surface area contributed by atoms with Crippen LogP contribution in [0, 0.1) is 0 Å². The molecule has 0 heterocycles. The van der Waals surface area contributed by atoms with Gasteiger partial charge in [0, 0.05) is 13.2 Å². The first-order valence-electron chi connectivity index (χ1n) is 6.84. The molecule has 1 saturated carbocycles. The normalized spacial score (nSPS) is 20.1. The third-order valence-electron chi connectivity index (χ3n) is 4.24. The fourth-order valence-corrected chi connectivity index (χ4v) is 3.01. The molecule has 1 atom stereocenters. The summed E-state index contributed by atoms with van der Waals surface area (Å²) in [6.07, 6.45) is -0.0360. The second-order valence-electron chi connectivity index (χ2n) is 5.48. The largest absolute Gasteiger partial charge is 0.416 e. The van der Waals surface area contributed by atoms with Crippen LogP contribution in [0.5, 0.6) is 0 Å². The zero-order valence-corrected chi connectivity index (χ0v) is 11.5. The van der Waals surface area contributed by atoms with E-state index in [-0.39, 0.29) is 11.6 Å². The minimum atomic E-state index is -4.31. The predicted octanol–water partition coefficient (Wildman–Crippen LogP) is 3.53. The Morgan fingerprint density at radius 1 is 1.30 bits per heavy atom. The zero-order valence-electron chi connectivity index (χ0n) is 11.5. The third-order valence-corrected chi connectivity index (χ3v) is 4.24. The Morgan fingerprint density at radius 2 is 1.95 bits per heavy atom. The molecule has 1 fully saturated rings. The smallest absolute Gasteiger partial charge is 0.377 e. The molecule has 0 bridgehead atoms. The van der Waals surface area contributed by atoms with Gasteiger partial charge in [0.05, 0.1) is 11.2 Å². The first-order chi connectivity index (χ1) is 9.37. The maximum absolute atomic E-state index is 12.7. The lowest BCUT2D eigenvalue weighted by Crippen LogP contribution is -2.48. The number of nitrogens with two attached hydrogens (primary N) is 1. The minimum Gasteiger partial charge on any atom is -0.377 e. The Balaban J connectivity index is 2.13. The van der Waals surface area contributed by atoms with Crippen molar-refractivity contribution in [3.05, 3.63) is 35.4 Å². The van der Waals surface area contributed by atoms with E-state index in [2.05, 4.69) is 0 Å². The summed E-state index contributed by atoms with van der Waals surface area (Å²) in [5.74, 6) is 0. The lowest BCUT2D eigenvalue weighted by Gasteiger charge is -2.34. The number of alkyl halides is 3. The van der Waals surface area contributed by atoms with Gasteiger partial charge in [-0.25, -0.2) is 0 Å². The molecule has 0 amide bonds. The highest BCUT2D eigenvalue weighted by Crippen LogP contribution is 2.36. The summed E-state index contributed by atoms with van der Waals surface area (Å²) in [6.45, 7) is 0. The molecular weight excluding hydrogens is 267 g/mol. The minimum absolute atomic E-state index is 0.279. The van der Waals surface area contributed by atoms with E-state index in [0.717, 1.165) is 31.7 Å². The van der Waals surface area contributed by atoms with E-state index in [9.17, 15) is 13.2 Å². The van der Waals surface area contributed by atoms with Gasteiger partial charge in [0.25, 0.3) is 0 Å². The predicted molar refractivity (Wildman–Crippen MR) is 71.3 cm³/mol. The summed E-state index contributed by atoms with van der Waals surface area (Å²) in [5, 5.41) is 0. The molecule has 112 valence electrons. The number of rotatable bonds is 4. The van der Waals surface area contributed by atoms with Crippen LogP contribution >= 0.6 is 0 Å². The van der Waals surface area contributed by atoms with E-state index >= 15 is 0 Å². The molecule has 0 aromatic heterocycles. The van der Waals surface area contributed by atoms with Crippen molar-refractivity contribution in [2.45, 2.75) is 49.9 Å². The summed E-state index contributed by atoms with van der Waals surface area (Å²) in [6, 6.07) is 5.10. The Hall–Kier alpha value is -1.07. The van der Waals surface area contributed by atoms with Crippen molar-refractivity contribution in [3.63, 3.8) is 0 Å². The summed E-state index contributed by atoms with van der Waals surface area (Å²) in [4.78, 5) is 0. The van der Waals surface area contributed by atoms with Crippen LogP contribution in [0.2, 0.25) is 0 Å². The van der Waals surface area contributed by atoms with Gasteiger partial charge < -0.3 is 10.5 Å². The van der Waals surface area contributed by atoms with Crippen LogP contribution in [-0.4, -0.2) is 18.8 Å². The van der Waals surface area contributed by atoms with Gasteiger partial charge in [-0.05, 0) is 30.9 Å². The fraction of sp³-hybridized carbons (Fsp3) is 0.600. The van der Waals surface area contributed by atoms with Gasteiger partial charge in [-0.15, -0.1) is 0 Å². The summed E-state index contributed by atoms with van der Waals surface area (Å²) >= 11 is 0. The summed E-state index contributed by atoms with van der Waals surface area (Å²) < 4.78 is 43.7. The Morgan fingerprint density at radius 3 is 2.50 bits per heavy atom. The number of methoxy groups -OCH3 is 1. The van der Waals surface area contributed by atoms with Crippen LogP contribution in [-0.2, 0) is 17.3 Å². The van der Waals surface area contributed by atoms with Crippen LogP contribution in [0.3, 0.4) is 0 Å². The van der Waals surface area contributed by atoms with Gasteiger partial charge in [-0.2, -0.15) is 13.2 Å². The van der Waals surface area contributed by atoms with E-state index < -0.39 is 11.7 Å². The van der Waals surface area contributed by atoms with Crippen molar-refractivity contribution in [2.24, 2.45) is 5.73 Å². The Labute approximate surface area is 117 Å². The molecule has 1 aliphatic rings. The molecule has 2 nitrogen and oxygen atoms in total. The molecule has 5 heteroatoms. The first kappa shape index (κ1) is 15.3. The summed E-state index contributed by atoms with van der Waals surface area (Å²) in [7, 11) is 1.64. The Bertz CT molecular complexity index is 453. The molecule has 1 aliphatic carbocycles. The number of benzene rings is 1. The van der Waals surface area contributed by atoms with E-state index in [0.29, 0.717) is 12.0 Å². The average molecular weight is 287 g/mol. The molecular formula is C15H20F3NO. The molecule has 1 aromatic rings. The number of halogens is 3. The monoisotopic (exact) mass is 287 g/mol. The van der Waals surface area contributed by atoms with Crippen LogP contribution in [0.15, 0.2) is 24.3 Å². The molecule has 20 heavy (non-hydrogen) atoms. The van der Waals surface area contributed by atoms with Crippen molar-refractivity contribution in [1.29, 1.82) is 0 Å². The third kappa shape index (κ3) is 3.15. The molecule has 2 rings (SSSR count). The second-order valence-corrected chi connectivity index (χ2v) is 5.48. The van der Waals surface area contributed by atoms with Gasteiger partial charge >= 0.3 is 6.18 Å². The van der Waals surface area contributed by atoms with E-state index in [4.69, 9.17) is 10.5 Å². The lowest BCUT2D eigenvalue weighted by molar-refractivity contribution is -0.137. The molecule has 0 spiro atoms. The van der Waals surface area contributed by atoms with Gasteiger partial charge in [0.15, 0.2) is 0 Å². The van der Waals surface area contributed by atoms with E-state index in [1.54, 1.807) is 13.2 Å². The zero-order chi connectivity index (χ0) is 14.8. The second kappa shape index (κ2) is 5.74. The molecule has 1 aromatic carbocycles. The van der Waals surface area contributed by atoms with Gasteiger partial charge in [0.1, 0.15) is 0 Å². The lowest BCUT2D eigenvalue weighted by atomic mass is 9.87. The van der Waals surface area contributed by atoms with Crippen LogP contribution < -0.4 is 5.73 Å². The standard InChI is InChI=1S/C15H20F3NO/c1-20-14(7-2-3-8-14)13(19)10-11-5-4-6-12(9-11)15(16,17)18/h4-6,9,13H,2-3,7-8,10,19H2,1H3. The van der Waals surface area contributed by atoms with E-state index in [1.165, 1.54) is 12.1 Å². The first-order valence-corrected chi connectivity index (χ1v) is 6.84. The van der Waals surface area contributed by atoms with Crippen LogP contribution in [0.1, 0.15) is 36.8 Å². The molecule has 0 aliphatic heterocycles. The molecule has 1 unspecified atom stereocenters. The van der Waals surface area contributed by atoms with Gasteiger partial charge in [-0.1, -0.05) is 31.0 Å². The Kier molecular flexibility index (Phi) is 4.39. The fourth-order valence-electron chi connectivity index (χ4n) is 3.01. The van der Waals surface area contributed by atoms with Crippen LogP contribution in [0.4, 0.5) is 13.2 Å². The maximum Gasteiger partial charge on any atom is 0.416 e. The van der Waals surface area contributed by atoms with Crippen molar-refractivity contribution in [1.82, 2.24) is 0 Å². The molecule has 2 N–H and O–H groups in total. The quantitative estimate of drug-likeness (QED) is 0.919. The van der Waals surface area contributed by atoms with Crippen molar-refractivity contribution in [3.8, 4) is 0 Å². The van der Waals surface area contributed by atoms with E-state index in [1.807, 2.05) is 0 Å². The topological polar surface area (TPSA) is 35.2 Å². The maximum atomic E-state index is 12.7.